The molecule has 1 aromatic heterocycles. The fourth-order valence-corrected chi connectivity index (χ4v) is 4.49. The van der Waals surface area contributed by atoms with Gasteiger partial charge in [0.05, 0.1) is 23.9 Å². The molecule has 3 aromatic rings. The van der Waals surface area contributed by atoms with Crippen molar-refractivity contribution in [3.8, 4) is 11.8 Å². The molecule has 2 heterocycles. The van der Waals surface area contributed by atoms with E-state index in [1.165, 1.54) is 18.7 Å². The molecular weight excluding hydrogens is 416 g/mol. The zero-order valence-electron chi connectivity index (χ0n) is 18.8. The van der Waals surface area contributed by atoms with Crippen LogP contribution in [-0.4, -0.2) is 33.8 Å². The predicted octanol–water partition coefficient (Wildman–Crippen LogP) is 4.87. The fraction of sp³-hybridized carbons (Fsp3) is 0.296. The van der Waals surface area contributed by atoms with E-state index < -0.39 is 11.5 Å². The number of hydrogen-bond donors (Lipinski definition) is 1. The Bertz CT molecular complexity index is 1290. The minimum Gasteiger partial charge on any atom is -0.478 e. The second-order valence-electron chi connectivity index (χ2n) is 8.10. The van der Waals surface area contributed by atoms with Gasteiger partial charge in [0.2, 0.25) is 5.82 Å². The summed E-state index contributed by atoms with van der Waals surface area (Å²) in [6.45, 7) is 2.10. The van der Waals surface area contributed by atoms with Crippen molar-refractivity contribution in [1.82, 2.24) is 9.63 Å². The number of aryl methyl sites for hydroxylation is 1. The Hall–Kier alpha value is -3.78. The number of nitrogens with zero attached hydrogens (tertiary/aromatic N) is 2. The molecule has 1 N–H and O–H groups in total. The van der Waals surface area contributed by atoms with Gasteiger partial charge in [-0.1, -0.05) is 55.5 Å². The Kier molecular flexibility index (Phi) is 6.37. The number of fused-ring (bicyclic) bond motifs is 3. The van der Waals surface area contributed by atoms with Crippen molar-refractivity contribution < 1.29 is 19.5 Å². The number of unbranched alkanes of at least 4 members (excludes halogenated alkanes) is 1. The molecule has 0 spiro atoms. The van der Waals surface area contributed by atoms with E-state index in [0.717, 1.165) is 35.9 Å². The molecule has 6 nitrogen and oxygen atoms in total. The maximum absolute atomic E-state index is 12.1. The van der Waals surface area contributed by atoms with E-state index in [4.69, 9.17) is 4.84 Å². The third kappa shape index (κ3) is 3.93. The summed E-state index contributed by atoms with van der Waals surface area (Å²) in [7, 11) is 1.53. The van der Waals surface area contributed by atoms with Crippen molar-refractivity contribution in [3.05, 3.63) is 71.4 Å². The minimum absolute atomic E-state index is 0.195. The highest BCUT2D eigenvalue weighted by atomic mass is 16.7. The lowest BCUT2D eigenvalue weighted by Gasteiger charge is -2.32. The molecule has 0 bridgehead atoms. The van der Waals surface area contributed by atoms with Crippen LogP contribution in [0.2, 0.25) is 0 Å². The molecule has 6 heteroatoms. The highest BCUT2D eigenvalue weighted by Crippen LogP contribution is 2.46. The Balaban J connectivity index is 1.83. The van der Waals surface area contributed by atoms with Crippen molar-refractivity contribution in [2.75, 3.05) is 7.11 Å². The summed E-state index contributed by atoms with van der Waals surface area (Å²) in [5, 5.41) is 11.7. The van der Waals surface area contributed by atoms with Crippen LogP contribution in [0.3, 0.4) is 0 Å². The third-order valence-electron chi connectivity index (χ3n) is 6.07. The molecule has 1 atom stereocenters. The Morgan fingerprint density at radius 3 is 2.61 bits per heavy atom. The lowest BCUT2D eigenvalue weighted by Crippen LogP contribution is -2.39. The molecule has 0 fully saturated rings. The quantitative estimate of drug-likeness (QED) is 0.418. The zero-order chi connectivity index (χ0) is 23.4. The molecule has 1 unspecified atom stereocenters. The predicted molar refractivity (Wildman–Crippen MR) is 127 cm³/mol. The molecule has 168 valence electrons. The molecule has 2 aromatic carbocycles. The number of hydroxylamine groups is 2. The van der Waals surface area contributed by atoms with Gasteiger partial charge in [-0.2, -0.15) is 0 Å². The lowest BCUT2D eigenvalue weighted by molar-refractivity contribution is -0.131. The molecule has 0 radical (unpaired) electrons. The van der Waals surface area contributed by atoms with Crippen LogP contribution in [0, 0.1) is 11.8 Å². The van der Waals surface area contributed by atoms with E-state index in [2.05, 4.69) is 30.9 Å². The average molecular weight is 443 g/mol. The highest BCUT2D eigenvalue weighted by Gasteiger charge is 2.49. The lowest BCUT2D eigenvalue weighted by atomic mass is 9.89. The summed E-state index contributed by atoms with van der Waals surface area (Å²) in [6.07, 6.45) is 3.98. The van der Waals surface area contributed by atoms with Gasteiger partial charge in [0.15, 0.2) is 11.5 Å². The fourth-order valence-electron chi connectivity index (χ4n) is 4.49. The van der Waals surface area contributed by atoms with E-state index >= 15 is 0 Å². The first-order chi connectivity index (χ1) is 16.1. The van der Waals surface area contributed by atoms with Crippen LogP contribution in [-0.2, 0) is 21.6 Å². The standard InChI is InChI=1S/C27H26N2O4/c1-3-4-15-27(16-9-8-12-20-10-6-5-7-11-20)24-18-22-17-21(26(31)32)13-14-23(22)28(24)25(19-30)29(27)33-2/h5-7,10-11,13-14,17-18H,3-4,8,12,15H2,1-2H3,(H,31,32). The molecule has 0 saturated heterocycles. The van der Waals surface area contributed by atoms with Gasteiger partial charge in [0, 0.05) is 11.8 Å². The molecule has 1 aliphatic rings. The topological polar surface area (TPSA) is 71.8 Å². The van der Waals surface area contributed by atoms with Gasteiger partial charge in [-0.25, -0.2) is 14.7 Å². The summed E-state index contributed by atoms with van der Waals surface area (Å²) in [5.41, 5.74) is 2.06. The van der Waals surface area contributed by atoms with Gasteiger partial charge in [-0.05, 0) is 49.1 Å². The second kappa shape index (κ2) is 9.38. The summed E-state index contributed by atoms with van der Waals surface area (Å²) < 4.78 is 1.79. The SMILES string of the molecule is CCCCC1(C#CCCc2ccccc2)c2cc3cc(C(=O)O)ccc3n2C(=C=O)N1OC. The van der Waals surface area contributed by atoms with Gasteiger partial charge < -0.3 is 5.11 Å². The molecular formula is C27H26N2O4. The molecule has 4 rings (SSSR count). The summed E-state index contributed by atoms with van der Waals surface area (Å²) in [5.74, 6) is 8.02. The van der Waals surface area contributed by atoms with Gasteiger partial charge in [-0.15, -0.1) is 0 Å². The van der Waals surface area contributed by atoms with Crippen LogP contribution in [0.4, 0.5) is 0 Å². The van der Waals surface area contributed by atoms with Crippen LogP contribution >= 0.6 is 0 Å². The van der Waals surface area contributed by atoms with Crippen LogP contribution in [0.5, 0.6) is 0 Å². The molecule has 33 heavy (non-hydrogen) atoms. The number of carbonyl (C=O) groups excluding carboxylic acids is 1. The highest BCUT2D eigenvalue weighted by molar-refractivity contribution is 5.97. The normalized spacial score (nSPS) is 16.9. The van der Waals surface area contributed by atoms with Crippen molar-refractivity contribution >= 4 is 28.6 Å². The summed E-state index contributed by atoms with van der Waals surface area (Å²) in [6, 6.07) is 17.0. The van der Waals surface area contributed by atoms with Gasteiger partial charge in [-0.3, -0.25) is 9.40 Å². The van der Waals surface area contributed by atoms with Gasteiger partial charge in [0.25, 0.3) is 0 Å². The van der Waals surface area contributed by atoms with Crippen molar-refractivity contribution in [3.63, 3.8) is 0 Å². The maximum Gasteiger partial charge on any atom is 0.335 e. The molecule has 0 saturated carbocycles. The number of aromatic carboxylic acids is 1. The minimum atomic E-state index is -0.995. The van der Waals surface area contributed by atoms with E-state index in [-0.39, 0.29) is 11.4 Å². The first-order valence-electron chi connectivity index (χ1n) is 11.1. The first-order valence-corrected chi connectivity index (χ1v) is 11.1. The number of rotatable bonds is 7. The van der Waals surface area contributed by atoms with Crippen molar-refractivity contribution in [1.29, 1.82) is 0 Å². The summed E-state index contributed by atoms with van der Waals surface area (Å²) >= 11 is 0. The number of carboxylic acid groups (broad SMARTS) is 1. The van der Waals surface area contributed by atoms with E-state index in [9.17, 15) is 14.7 Å². The van der Waals surface area contributed by atoms with Crippen molar-refractivity contribution in [2.45, 2.75) is 44.6 Å². The number of benzene rings is 2. The molecule has 0 amide bonds. The number of aromatic nitrogens is 1. The summed E-state index contributed by atoms with van der Waals surface area (Å²) in [4.78, 5) is 29.3. The second-order valence-corrected chi connectivity index (χ2v) is 8.10. The first kappa shape index (κ1) is 22.4. The third-order valence-corrected chi connectivity index (χ3v) is 6.07. The Labute approximate surface area is 193 Å². The molecule has 1 aliphatic heterocycles. The van der Waals surface area contributed by atoms with Gasteiger partial charge in [0.1, 0.15) is 0 Å². The van der Waals surface area contributed by atoms with Crippen LogP contribution in [0.1, 0.15) is 54.2 Å². The Morgan fingerprint density at radius 2 is 1.94 bits per heavy atom. The number of carbonyl (C=O) groups is 1. The maximum atomic E-state index is 12.1. The number of carboxylic acids is 1. The van der Waals surface area contributed by atoms with E-state index in [0.29, 0.717) is 12.8 Å². The van der Waals surface area contributed by atoms with Crippen LogP contribution in [0.25, 0.3) is 16.7 Å². The Morgan fingerprint density at radius 1 is 1.15 bits per heavy atom. The monoisotopic (exact) mass is 442 g/mol. The average Bonchev–Trinajstić information content (AvgIpc) is 3.33. The molecule has 0 aliphatic carbocycles. The largest absolute Gasteiger partial charge is 0.478 e. The van der Waals surface area contributed by atoms with Crippen LogP contribution < -0.4 is 0 Å². The van der Waals surface area contributed by atoms with Gasteiger partial charge >= 0.3 is 5.97 Å². The van der Waals surface area contributed by atoms with Crippen LogP contribution in [0.15, 0.2) is 54.6 Å². The zero-order valence-corrected chi connectivity index (χ0v) is 18.8. The van der Waals surface area contributed by atoms with Crippen molar-refractivity contribution in [2.24, 2.45) is 0 Å². The smallest absolute Gasteiger partial charge is 0.335 e. The van der Waals surface area contributed by atoms with E-state index in [1.54, 1.807) is 21.8 Å². The van der Waals surface area contributed by atoms with E-state index in [1.807, 2.05) is 30.2 Å². The number of hydrogen-bond acceptors (Lipinski definition) is 4.